The van der Waals surface area contributed by atoms with Crippen LogP contribution in [0.4, 0.5) is 11.5 Å². The van der Waals surface area contributed by atoms with Gasteiger partial charge in [-0.15, -0.1) is 0 Å². The molecule has 27 heavy (non-hydrogen) atoms. The number of halogens is 1. The van der Waals surface area contributed by atoms with Gasteiger partial charge in [-0.05, 0) is 41.8 Å². The van der Waals surface area contributed by atoms with E-state index in [1.54, 1.807) is 25.6 Å². The van der Waals surface area contributed by atoms with E-state index in [1.807, 2.05) is 30.3 Å². The van der Waals surface area contributed by atoms with Crippen molar-refractivity contribution in [2.45, 2.75) is 0 Å². The van der Waals surface area contributed by atoms with Gasteiger partial charge in [-0.25, -0.2) is 9.97 Å². The third-order valence-electron chi connectivity index (χ3n) is 4.54. The zero-order chi connectivity index (χ0) is 18.7. The predicted molar refractivity (Wildman–Crippen MR) is 105 cm³/mol. The number of methoxy groups -OCH3 is 1. The number of hydrogen-bond acceptors (Lipinski definition) is 6. The van der Waals surface area contributed by atoms with E-state index in [2.05, 4.69) is 15.3 Å². The number of fused-ring (bicyclic) bond motifs is 1. The van der Waals surface area contributed by atoms with Crippen LogP contribution < -0.4 is 10.1 Å². The lowest BCUT2D eigenvalue weighted by Crippen LogP contribution is -2.50. The highest BCUT2D eigenvalue weighted by atomic mass is 35.5. The molecule has 0 amide bonds. The molecule has 0 aliphatic carbocycles. The van der Waals surface area contributed by atoms with Crippen molar-refractivity contribution >= 4 is 33.9 Å². The second kappa shape index (κ2) is 7.68. The fourth-order valence-corrected chi connectivity index (χ4v) is 3.19. The molecule has 1 N–H and O–H groups in total. The summed E-state index contributed by atoms with van der Waals surface area (Å²) in [4.78, 5) is 8.52. The molecule has 1 aromatic carbocycles. The van der Waals surface area contributed by atoms with Crippen LogP contribution in [0.3, 0.4) is 0 Å². The number of rotatable bonds is 7. The minimum absolute atomic E-state index is 0.0454. The van der Waals surface area contributed by atoms with Gasteiger partial charge in [0.05, 0.1) is 37.1 Å². The number of hydrogen-bond donors (Lipinski definition) is 1. The molecule has 4 rings (SSSR count). The highest BCUT2D eigenvalue weighted by Gasteiger charge is 2.39. The second-order valence-corrected chi connectivity index (χ2v) is 7.14. The number of ether oxygens (including phenoxy) is 3. The van der Waals surface area contributed by atoms with E-state index in [4.69, 9.17) is 25.8 Å². The monoisotopic (exact) mass is 385 g/mol. The Bertz CT molecular complexity index is 929. The molecule has 3 heterocycles. The maximum absolute atomic E-state index is 6.02. The van der Waals surface area contributed by atoms with Gasteiger partial charge in [0.15, 0.2) is 0 Å². The van der Waals surface area contributed by atoms with Crippen molar-refractivity contribution in [3.63, 3.8) is 0 Å². The number of anilines is 2. The van der Waals surface area contributed by atoms with Crippen molar-refractivity contribution in [3.05, 3.63) is 53.9 Å². The van der Waals surface area contributed by atoms with Crippen LogP contribution in [0, 0.1) is 5.41 Å². The van der Waals surface area contributed by atoms with Crippen LogP contribution in [-0.4, -0.2) is 43.5 Å². The van der Waals surface area contributed by atoms with Crippen molar-refractivity contribution in [1.82, 2.24) is 9.97 Å². The molecule has 0 radical (unpaired) electrons. The summed E-state index contributed by atoms with van der Waals surface area (Å²) in [5.41, 5.74) is 0.780. The zero-order valence-electron chi connectivity index (χ0n) is 14.9. The topological polar surface area (TPSA) is 65.5 Å². The van der Waals surface area contributed by atoms with Crippen LogP contribution in [0.15, 0.2) is 48.8 Å². The Morgan fingerprint density at radius 3 is 2.74 bits per heavy atom. The maximum Gasteiger partial charge on any atom is 0.138 e. The molecule has 0 bridgehead atoms. The highest BCUT2D eigenvalue weighted by molar-refractivity contribution is 6.29. The Hall–Kier alpha value is -2.41. The normalized spacial score (nSPS) is 15.3. The Morgan fingerprint density at radius 2 is 2.04 bits per heavy atom. The number of nitrogens with one attached hydrogen (secondary N) is 1. The molecule has 140 valence electrons. The smallest absolute Gasteiger partial charge is 0.138 e. The summed E-state index contributed by atoms with van der Waals surface area (Å²) in [6.45, 7) is 2.54. The minimum Gasteiger partial charge on any atom is -0.493 e. The predicted octanol–water partition coefficient (Wildman–Crippen LogP) is 4.07. The Morgan fingerprint density at radius 1 is 1.15 bits per heavy atom. The van der Waals surface area contributed by atoms with E-state index in [0.29, 0.717) is 31.6 Å². The first-order valence-corrected chi connectivity index (χ1v) is 9.02. The van der Waals surface area contributed by atoms with Crippen molar-refractivity contribution in [1.29, 1.82) is 0 Å². The molecule has 1 aliphatic heterocycles. The van der Waals surface area contributed by atoms with Crippen LogP contribution in [0.2, 0.25) is 5.15 Å². The van der Waals surface area contributed by atoms with Crippen LogP contribution in [0.5, 0.6) is 5.75 Å². The van der Waals surface area contributed by atoms with Crippen LogP contribution in [-0.2, 0) is 9.47 Å². The molecular formula is C20H20ClN3O3. The van der Waals surface area contributed by atoms with E-state index in [0.717, 1.165) is 28.0 Å². The maximum atomic E-state index is 6.02. The summed E-state index contributed by atoms with van der Waals surface area (Å²) in [5.74, 6) is 1.57. The molecule has 3 aromatic rings. The van der Waals surface area contributed by atoms with E-state index in [-0.39, 0.29) is 5.41 Å². The summed E-state index contributed by atoms with van der Waals surface area (Å²) < 4.78 is 16.7. The summed E-state index contributed by atoms with van der Waals surface area (Å²) in [5, 5.41) is 5.77. The van der Waals surface area contributed by atoms with Crippen molar-refractivity contribution in [2.24, 2.45) is 5.41 Å². The first-order chi connectivity index (χ1) is 13.2. The minimum atomic E-state index is -0.0454. The van der Waals surface area contributed by atoms with E-state index < -0.39 is 0 Å². The molecule has 0 unspecified atom stereocenters. The van der Waals surface area contributed by atoms with E-state index >= 15 is 0 Å². The number of benzene rings is 1. The van der Waals surface area contributed by atoms with Gasteiger partial charge in [0.1, 0.15) is 23.3 Å². The lowest BCUT2D eigenvalue weighted by atomic mass is 9.88. The van der Waals surface area contributed by atoms with Gasteiger partial charge in [-0.3, -0.25) is 0 Å². The lowest BCUT2D eigenvalue weighted by molar-refractivity contribution is -0.159. The molecule has 1 saturated heterocycles. The molecule has 6 nitrogen and oxygen atoms in total. The van der Waals surface area contributed by atoms with Gasteiger partial charge in [0.25, 0.3) is 0 Å². The van der Waals surface area contributed by atoms with Gasteiger partial charge in [0.2, 0.25) is 0 Å². The molecule has 0 spiro atoms. The lowest BCUT2D eigenvalue weighted by Gasteiger charge is -2.40. The van der Waals surface area contributed by atoms with Gasteiger partial charge >= 0.3 is 0 Å². The fourth-order valence-electron chi connectivity index (χ4n) is 3.07. The summed E-state index contributed by atoms with van der Waals surface area (Å²) in [6, 6.07) is 11.5. The Balaban J connectivity index is 1.52. The largest absolute Gasteiger partial charge is 0.493 e. The van der Waals surface area contributed by atoms with Crippen molar-refractivity contribution < 1.29 is 14.2 Å². The molecule has 0 saturated carbocycles. The Labute approximate surface area is 162 Å². The summed E-state index contributed by atoms with van der Waals surface area (Å²) in [6.07, 6.45) is 3.44. The van der Waals surface area contributed by atoms with Gasteiger partial charge in [-0.2, -0.15) is 0 Å². The number of aromatic nitrogens is 2. The average molecular weight is 386 g/mol. The van der Waals surface area contributed by atoms with Crippen LogP contribution >= 0.6 is 11.6 Å². The Kier molecular flexibility index (Phi) is 5.11. The molecule has 1 fully saturated rings. The van der Waals surface area contributed by atoms with Crippen molar-refractivity contribution in [3.8, 4) is 5.75 Å². The summed E-state index contributed by atoms with van der Waals surface area (Å²) >= 11 is 5.84. The average Bonchev–Trinajstić information content (AvgIpc) is 2.65. The number of pyridine rings is 2. The third-order valence-corrected chi connectivity index (χ3v) is 4.76. The van der Waals surface area contributed by atoms with Crippen molar-refractivity contribution in [2.75, 3.05) is 38.9 Å². The van der Waals surface area contributed by atoms with Crippen LogP contribution in [0.1, 0.15) is 0 Å². The second-order valence-electron chi connectivity index (χ2n) is 6.75. The molecule has 7 heteroatoms. The molecule has 0 atom stereocenters. The molecular weight excluding hydrogens is 366 g/mol. The van der Waals surface area contributed by atoms with Gasteiger partial charge in [0, 0.05) is 18.7 Å². The SMILES string of the molecule is COCC1(COc2ccc3c(Nc4ccc(Cl)nc4)nccc3c2)COC1. The van der Waals surface area contributed by atoms with Gasteiger partial charge in [-0.1, -0.05) is 11.6 Å². The first kappa shape index (κ1) is 18.0. The fraction of sp³-hybridized carbons (Fsp3) is 0.300. The highest BCUT2D eigenvalue weighted by Crippen LogP contribution is 2.31. The standard InChI is InChI=1S/C20H20ClN3O3/c1-25-10-20(11-26-12-20)13-27-16-3-4-17-14(8-16)6-7-22-19(17)24-15-2-5-18(21)23-9-15/h2-9H,10-13H2,1H3,(H,22,24). The first-order valence-electron chi connectivity index (χ1n) is 8.64. The van der Waals surface area contributed by atoms with Crippen LogP contribution in [0.25, 0.3) is 10.8 Å². The molecule has 1 aliphatic rings. The van der Waals surface area contributed by atoms with E-state index in [1.165, 1.54) is 0 Å². The zero-order valence-corrected chi connectivity index (χ0v) is 15.7. The number of nitrogens with zero attached hydrogens (tertiary/aromatic N) is 2. The quantitative estimate of drug-likeness (QED) is 0.618. The third kappa shape index (κ3) is 3.98. The molecule has 2 aromatic heterocycles. The van der Waals surface area contributed by atoms with E-state index in [9.17, 15) is 0 Å². The van der Waals surface area contributed by atoms with Gasteiger partial charge < -0.3 is 19.5 Å². The summed E-state index contributed by atoms with van der Waals surface area (Å²) in [7, 11) is 1.70.